The summed E-state index contributed by atoms with van der Waals surface area (Å²) in [4.78, 5) is 11.1. The molecule has 0 radical (unpaired) electrons. The molecule has 1 aromatic rings. The molecule has 0 spiro atoms. The van der Waals surface area contributed by atoms with Crippen LogP contribution < -0.4 is 10.6 Å². The topological polar surface area (TPSA) is 84.7 Å². The van der Waals surface area contributed by atoms with Crippen molar-refractivity contribution in [2.75, 3.05) is 20.1 Å². The number of hydrogen-bond donors (Lipinski definition) is 2. The molecule has 1 amide bonds. The molecule has 1 rings (SSSR count). The van der Waals surface area contributed by atoms with Crippen LogP contribution in [0.5, 0.6) is 0 Å². The van der Waals surface area contributed by atoms with E-state index < -0.39 is 0 Å². The largest absolute Gasteiger partial charge is 0.353 e. The molecule has 0 atom stereocenters. The highest BCUT2D eigenvalue weighted by Crippen LogP contribution is 1.76. The standard InChI is InChI=1S/C6H12N6O/c1-7-2-3-8-6(13)4-12-5-9-10-11-12/h5,7H,2-4H2,1H3,(H,8,13). The Bertz CT molecular complexity index is 246. The third kappa shape index (κ3) is 3.61. The molecule has 0 aromatic carbocycles. The summed E-state index contributed by atoms with van der Waals surface area (Å²) in [6, 6.07) is 0. The molecule has 0 aliphatic heterocycles. The first kappa shape index (κ1) is 9.59. The predicted molar refractivity (Wildman–Crippen MR) is 44.8 cm³/mol. The Morgan fingerprint density at radius 2 is 2.38 bits per heavy atom. The highest BCUT2D eigenvalue weighted by Gasteiger charge is 2.01. The highest BCUT2D eigenvalue weighted by atomic mass is 16.2. The van der Waals surface area contributed by atoms with Crippen LogP contribution >= 0.6 is 0 Å². The van der Waals surface area contributed by atoms with E-state index in [-0.39, 0.29) is 12.5 Å². The monoisotopic (exact) mass is 184 g/mol. The number of carbonyl (C=O) groups is 1. The number of carbonyl (C=O) groups excluding carboxylic acids is 1. The smallest absolute Gasteiger partial charge is 0.241 e. The van der Waals surface area contributed by atoms with E-state index in [0.717, 1.165) is 6.54 Å². The third-order valence-corrected chi connectivity index (χ3v) is 1.39. The molecule has 13 heavy (non-hydrogen) atoms. The lowest BCUT2D eigenvalue weighted by atomic mass is 10.5. The van der Waals surface area contributed by atoms with Crippen LogP contribution in [0.15, 0.2) is 6.33 Å². The summed E-state index contributed by atoms with van der Waals surface area (Å²) < 4.78 is 1.37. The molecule has 0 saturated heterocycles. The highest BCUT2D eigenvalue weighted by molar-refractivity contribution is 5.75. The third-order valence-electron chi connectivity index (χ3n) is 1.39. The molecule has 1 aromatic heterocycles. The van der Waals surface area contributed by atoms with Gasteiger partial charge in [0.2, 0.25) is 5.91 Å². The Labute approximate surface area is 75.5 Å². The van der Waals surface area contributed by atoms with Gasteiger partial charge in [0, 0.05) is 13.1 Å². The molecular formula is C6H12N6O. The van der Waals surface area contributed by atoms with Gasteiger partial charge in [-0.1, -0.05) is 0 Å². The second kappa shape index (κ2) is 5.20. The number of nitrogens with zero attached hydrogens (tertiary/aromatic N) is 4. The Kier molecular flexibility index (Phi) is 3.83. The van der Waals surface area contributed by atoms with Gasteiger partial charge in [0.15, 0.2) is 0 Å². The van der Waals surface area contributed by atoms with Crippen molar-refractivity contribution in [1.82, 2.24) is 30.8 Å². The van der Waals surface area contributed by atoms with Crippen molar-refractivity contribution in [1.29, 1.82) is 0 Å². The summed E-state index contributed by atoms with van der Waals surface area (Å²) in [5.41, 5.74) is 0. The minimum Gasteiger partial charge on any atom is -0.353 e. The first-order valence-electron chi connectivity index (χ1n) is 3.95. The molecule has 2 N–H and O–H groups in total. The maximum atomic E-state index is 11.1. The number of likely N-dealkylation sites (N-methyl/N-ethyl adjacent to an activating group) is 1. The van der Waals surface area contributed by atoms with Gasteiger partial charge in [-0.2, -0.15) is 0 Å². The first-order chi connectivity index (χ1) is 6.33. The van der Waals surface area contributed by atoms with Gasteiger partial charge in [-0.05, 0) is 17.5 Å². The molecule has 0 unspecified atom stereocenters. The van der Waals surface area contributed by atoms with Crippen molar-refractivity contribution in [3.63, 3.8) is 0 Å². The lowest BCUT2D eigenvalue weighted by molar-refractivity contribution is -0.121. The van der Waals surface area contributed by atoms with Gasteiger partial charge >= 0.3 is 0 Å². The average Bonchev–Trinajstić information content (AvgIpc) is 2.57. The predicted octanol–water partition coefficient (Wildman–Crippen LogP) is -1.99. The Hall–Kier alpha value is -1.50. The van der Waals surface area contributed by atoms with Gasteiger partial charge in [0.1, 0.15) is 12.9 Å². The van der Waals surface area contributed by atoms with Crippen molar-refractivity contribution in [3.05, 3.63) is 6.33 Å². The molecule has 0 aliphatic carbocycles. The summed E-state index contributed by atoms with van der Waals surface area (Å²) in [5, 5.41) is 16.0. The summed E-state index contributed by atoms with van der Waals surface area (Å²) >= 11 is 0. The summed E-state index contributed by atoms with van der Waals surface area (Å²) in [6.07, 6.45) is 1.40. The second-order valence-electron chi connectivity index (χ2n) is 2.46. The van der Waals surface area contributed by atoms with Gasteiger partial charge < -0.3 is 10.6 Å². The Morgan fingerprint density at radius 1 is 1.54 bits per heavy atom. The van der Waals surface area contributed by atoms with E-state index in [9.17, 15) is 4.79 Å². The average molecular weight is 184 g/mol. The van der Waals surface area contributed by atoms with E-state index in [0.29, 0.717) is 6.54 Å². The zero-order chi connectivity index (χ0) is 9.52. The fourth-order valence-electron chi connectivity index (χ4n) is 0.783. The van der Waals surface area contributed by atoms with E-state index in [1.807, 2.05) is 7.05 Å². The van der Waals surface area contributed by atoms with Crippen molar-refractivity contribution >= 4 is 5.91 Å². The normalized spacial score (nSPS) is 9.92. The number of nitrogens with one attached hydrogen (secondary N) is 2. The van der Waals surface area contributed by atoms with Crippen LogP contribution in [-0.4, -0.2) is 46.3 Å². The molecule has 0 saturated carbocycles. The quantitative estimate of drug-likeness (QED) is 0.517. The van der Waals surface area contributed by atoms with Crippen LogP contribution in [0.25, 0.3) is 0 Å². The van der Waals surface area contributed by atoms with Gasteiger partial charge in [-0.25, -0.2) is 4.68 Å². The zero-order valence-electron chi connectivity index (χ0n) is 7.40. The lowest BCUT2D eigenvalue weighted by Gasteiger charge is -2.03. The second-order valence-corrected chi connectivity index (χ2v) is 2.46. The van der Waals surface area contributed by atoms with E-state index in [2.05, 4.69) is 26.2 Å². The molecule has 0 bridgehead atoms. The number of tetrazole rings is 1. The number of rotatable bonds is 5. The van der Waals surface area contributed by atoms with Crippen LogP contribution in [0.3, 0.4) is 0 Å². The van der Waals surface area contributed by atoms with Crippen molar-refractivity contribution in [2.45, 2.75) is 6.54 Å². The Balaban J connectivity index is 2.18. The van der Waals surface area contributed by atoms with Gasteiger partial charge in [0.05, 0.1) is 0 Å². The summed E-state index contributed by atoms with van der Waals surface area (Å²) in [5.74, 6) is -0.0949. The summed E-state index contributed by atoms with van der Waals surface area (Å²) in [7, 11) is 1.83. The minimum absolute atomic E-state index is 0.0949. The van der Waals surface area contributed by atoms with Crippen LogP contribution in [0, 0.1) is 0 Å². The fourth-order valence-corrected chi connectivity index (χ4v) is 0.783. The maximum Gasteiger partial charge on any atom is 0.241 e. The van der Waals surface area contributed by atoms with Crippen molar-refractivity contribution in [2.24, 2.45) is 0 Å². The first-order valence-corrected chi connectivity index (χ1v) is 3.95. The van der Waals surface area contributed by atoms with Crippen LogP contribution in [-0.2, 0) is 11.3 Å². The van der Waals surface area contributed by atoms with Crippen LogP contribution in [0.2, 0.25) is 0 Å². The van der Waals surface area contributed by atoms with Crippen LogP contribution in [0.4, 0.5) is 0 Å². The number of aromatic nitrogens is 4. The number of hydrogen-bond acceptors (Lipinski definition) is 5. The number of amides is 1. The maximum absolute atomic E-state index is 11.1. The molecule has 72 valence electrons. The Morgan fingerprint density at radius 3 is 3.00 bits per heavy atom. The molecule has 0 fully saturated rings. The lowest BCUT2D eigenvalue weighted by Crippen LogP contribution is -2.33. The van der Waals surface area contributed by atoms with E-state index in [4.69, 9.17) is 0 Å². The van der Waals surface area contributed by atoms with E-state index in [1.165, 1.54) is 11.0 Å². The molecule has 7 nitrogen and oxygen atoms in total. The molecule has 0 aliphatic rings. The van der Waals surface area contributed by atoms with Crippen LogP contribution in [0.1, 0.15) is 0 Å². The van der Waals surface area contributed by atoms with Crippen molar-refractivity contribution < 1.29 is 4.79 Å². The van der Waals surface area contributed by atoms with E-state index in [1.54, 1.807) is 0 Å². The van der Waals surface area contributed by atoms with E-state index >= 15 is 0 Å². The SMILES string of the molecule is CNCCNC(=O)Cn1cnnn1. The molecule has 1 heterocycles. The molecular weight excluding hydrogens is 172 g/mol. The van der Waals surface area contributed by atoms with Gasteiger partial charge in [0.25, 0.3) is 0 Å². The fraction of sp³-hybridized carbons (Fsp3) is 0.667. The van der Waals surface area contributed by atoms with Gasteiger partial charge in [-0.3, -0.25) is 4.79 Å². The minimum atomic E-state index is -0.0949. The van der Waals surface area contributed by atoms with Gasteiger partial charge in [-0.15, -0.1) is 5.10 Å². The zero-order valence-corrected chi connectivity index (χ0v) is 7.40. The van der Waals surface area contributed by atoms with Crippen molar-refractivity contribution in [3.8, 4) is 0 Å². The molecule has 7 heteroatoms. The summed E-state index contributed by atoms with van der Waals surface area (Å²) in [6.45, 7) is 1.52.